The van der Waals surface area contributed by atoms with E-state index in [-0.39, 0.29) is 5.69 Å². The average Bonchev–Trinajstić information content (AvgIpc) is 2.90. The molecule has 0 unspecified atom stereocenters. The molecule has 0 saturated carbocycles. The van der Waals surface area contributed by atoms with Crippen LogP contribution in [0.3, 0.4) is 0 Å². The molecule has 0 aromatic carbocycles. The maximum atomic E-state index is 8.65. The van der Waals surface area contributed by atoms with E-state index in [4.69, 9.17) is 5.26 Å². The largest absolute Gasteiger partial charge is 0.334 e. The number of anilines is 2. The quantitative estimate of drug-likeness (QED) is 0.781. The molecule has 0 radical (unpaired) electrons. The number of rotatable bonds is 2. The van der Waals surface area contributed by atoms with E-state index in [9.17, 15) is 0 Å². The molecule has 3 heterocycles. The number of fused-ring (bicyclic) bond motifs is 1. The van der Waals surface area contributed by atoms with Crippen LogP contribution in [0.4, 0.5) is 11.6 Å². The van der Waals surface area contributed by atoms with Gasteiger partial charge in [-0.25, -0.2) is 19.9 Å². The standard InChI is InChI=1S/C12H9N7.C3H8/c1-19-7-17-9-5-16-11(2-10(9)19)18-12-6-14-8(3-13)4-15-12;1-3-2/h2,4-7H,1H3,(H,15,16,18);3H2,1-2H3. The summed E-state index contributed by atoms with van der Waals surface area (Å²) in [6.45, 7) is 4.25. The first-order valence-corrected chi connectivity index (χ1v) is 6.94. The lowest BCUT2D eigenvalue weighted by atomic mass is 10.4. The van der Waals surface area contributed by atoms with E-state index < -0.39 is 0 Å². The minimum absolute atomic E-state index is 0.278. The number of nitrogens with one attached hydrogen (secondary N) is 1. The Bertz CT molecular complexity index is 784. The Balaban J connectivity index is 0.000000545. The van der Waals surface area contributed by atoms with Crippen LogP contribution >= 0.6 is 0 Å². The van der Waals surface area contributed by atoms with Crippen molar-refractivity contribution < 1.29 is 0 Å². The first kappa shape index (κ1) is 15.4. The number of hydrogen-bond acceptors (Lipinski definition) is 6. The van der Waals surface area contributed by atoms with Crippen molar-refractivity contribution >= 4 is 22.7 Å². The van der Waals surface area contributed by atoms with Crippen molar-refractivity contribution in [3.8, 4) is 6.07 Å². The Morgan fingerprint density at radius 2 is 1.82 bits per heavy atom. The van der Waals surface area contributed by atoms with Crippen LogP contribution < -0.4 is 5.32 Å². The highest BCUT2D eigenvalue weighted by molar-refractivity contribution is 5.77. The zero-order valence-electron chi connectivity index (χ0n) is 12.8. The molecule has 0 aliphatic heterocycles. The van der Waals surface area contributed by atoms with E-state index >= 15 is 0 Å². The number of nitriles is 1. The van der Waals surface area contributed by atoms with Crippen molar-refractivity contribution in [3.05, 3.63) is 36.7 Å². The van der Waals surface area contributed by atoms with Crippen molar-refractivity contribution in [3.63, 3.8) is 0 Å². The monoisotopic (exact) mass is 295 g/mol. The number of nitrogens with zero attached hydrogens (tertiary/aromatic N) is 6. The molecule has 7 nitrogen and oxygen atoms in total. The number of hydrogen-bond donors (Lipinski definition) is 1. The van der Waals surface area contributed by atoms with E-state index in [1.165, 1.54) is 18.8 Å². The lowest BCUT2D eigenvalue weighted by Crippen LogP contribution is -1.98. The van der Waals surface area contributed by atoms with Crippen LogP contribution in [-0.2, 0) is 7.05 Å². The minimum atomic E-state index is 0.278. The predicted molar refractivity (Wildman–Crippen MR) is 84.5 cm³/mol. The Morgan fingerprint density at radius 3 is 2.45 bits per heavy atom. The van der Waals surface area contributed by atoms with Crippen LogP contribution in [0.2, 0.25) is 0 Å². The summed E-state index contributed by atoms with van der Waals surface area (Å²) in [7, 11) is 1.92. The fourth-order valence-corrected chi connectivity index (χ4v) is 1.68. The van der Waals surface area contributed by atoms with E-state index in [1.54, 1.807) is 12.5 Å². The summed E-state index contributed by atoms with van der Waals surface area (Å²) in [6.07, 6.45) is 7.57. The van der Waals surface area contributed by atoms with Gasteiger partial charge in [-0.05, 0) is 0 Å². The smallest absolute Gasteiger partial charge is 0.158 e. The van der Waals surface area contributed by atoms with Crippen LogP contribution in [0.1, 0.15) is 26.0 Å². The van der Waals surface area contributed by atoms with E-state index in [2.05, 4.69) is 39.1 Å². The fraction of sp³-hybridized carbons (Fsp3) is 0.267. The molecule has 7 heteroatoms. The average molecular weight is 295 g/mol. The summed E-state index contributed by atoms with van der Waals surface area (Å²) in [5.74, 6) is 1.18. The van der Waals surface area contributed by atoms with E-state index in [0.29, 0.717) is 11.6 Å². The molecule has 3 aromatic rings. The molecule has 112 valence electrons. The molecule has 0 atom stereocenters. The Kier molecular flexibility index (Phi) is 4.98. The second kappa shape index (κ2) is 7.13. The molecule has 0 saturated heterocycles. The second-order valence-corrected chi connectivity index (χ2v) is 4.64. The third-order valence-corrected chi connectivity index (χ3v) is 2.63. The van der Waals surface area contributed by atoms with Crippen LogP contribution in [0.15, 0.2) is 31.0 Å². The molecule has 0 amide bonds. The summed E-state index contributed by atoms with van der Waals surface area (Å²) in [5, 5.41) is 11.7. The van der Waals surface area contributed by atoms with E-state index in [1.807, 2.05) is 23.8 Å². The van der Waals surface area contributed by atoms with E-state index in [0.717, 1.165) is 11.0 Å². The maximum absolute atomic E-state index is 8.65. The molecule has 0 spiro atoms. The normalized spacial score (nSPS) is 9.73. The summed E-state index contributed by atoms with van der Waals surface area (Å²) in [6, 6.07) is 3.79. The number of aryl methyl sites for hydroxylation is 1. The van der Waals surface area contributed by atoms with Crippen LogP contribution in [-0.4, -0.2) is 24.5 Å². The summed E-state index contributed by atoms with van der Waals surface area (Å²) < 4.78 is 1.91. The SMILES string of the molecule is CCC.Cn1cnc2cnc(Nc3cnc(C#N)cn3)cc21. The Hall–Kier alpha value is -3.01. The van der Waals surface area contributed by atoms with Crippen molar-refractivity contribution in [2.24, 2.45) is 7.05 Å². The number of imidazole rings is 1. The molecule has 0 bridgehead atoms. The summed E-state index contributed by atoms with van der Waals surface area (Å²) in [5.41, 5.74) is 2.08. The van der Waals surface area contributed by atoms with Gasteiger partial charge < -0.3 is 9.88 Å². The molecular weight excluding hydrogens is 278 g/mol. The molecule has 0 aliphatic carbocycles. The van der Waals surface area contributed by atoms with Gasteiger partial charge in [-0.2, -0.15) is 5.26 Å². The van der Waals surface area contributed by atoms with Crippen LogP contribution in [0, 0.1) is 11.3 Å². The van der Waals surface area contributed by atoms with Gasteiger partial charge in [0.2, 0.25) is 0 Å². The number of aromatic nitrogens is 5. The van der Waals surface area contributed by atoms with Gasteiger partial charge in [-0.1, -0.05) is 20.3 Å². The van der Waals surface area contributed by atoms with Gasteiger partial charge in [0.15, 0.2) is 5.69 Å². The lowest BCUT2D eigenvalue weighted by molar-refractivity contribution is 0.947. The highest BCUT2D eigenvalue weighted by atomic mass is 15.1. The summed E-state index contributed by atoms with van der Waals surface area (Å²) in [4.78, 5) is 16.4. The first-order chi connectivity index (χ1) is 10.7. The van der Waals surface area contributed by atoms with Crippen LogP contribution in [0.25, 0.3) is 11.0 Å². The van der Waals surface area contributed by atoms with Crippen molar-refractivity contribution in [2.75, 3.05) is 5.32 Å². The molecule has 0 fully saturated rings. The first-order valence-electron chi connectivity index (χ1n) is 6.94. The van der Waals surface area contributed by atoms with Gasteiger partial charge in [0.1, 0.15) is 23.2 Å². The molecular formula is C15H17N7. The zero-order valence-corrected chi connectivity index (χ0v) is 12.8. The molecule has 22 heavy (non-hydrogen) atoms. The molecule has 3 aromatic heterocycles. The van der Waals surface area contributed by atoms with Gasteiger partial charge >= 0.3 is 0 Å². The lowest BCUT2D eigenvalue weighted by Gasteiger charge is -2.04. The zero-order chi connectivity index (χ0) is 15.9. The van der Waals surface area contributed by atoms with Crippen molar-refractivity contribution in [2.45, 2.75) is 20.3 Å². The summed E-state index contributed by atoms with van der Waals surface area (Å²) >= 11 is 0. The number of pyridine rings is 1. The molecule has 0 aliphatic rings. The topological polar surface area (TPSA) is 92.3 Å². The maximum Gasteiger partial charge on any atom is 0.158 e. The van der Waals surface area contributed by atoms with Crippen molar-refractivity contribution in [1.29, 1.82) is 5.26 Å². The van der Waals surface area contributed by atoms with Crippen molar-refractivity contribution in [1.82, 2.24) is 24.5 Å². The molecule has 3 rings (SSSR count). The Labute approximate surface area is 128 Å². The highest BCUT2D eigenvalue weighted by Gasteiger charge is 2.03. The predicted octanol–water partition coefficient (Wildman–Crippen LogP) is 2.79. The highest BCUT2D eigenvalue weighted by Crippen LogP contribution is 2.17. The van der Waals surface area contributed by atoms with Gasteiger partial charge in [0.05, 0.1) is 30.4 Å². The van der Waals surface area contributed by atoms with Gasteiger partial charge in [0.25, 0.3) is 0 Å². The molecule has 1 N–H and O–H groups in total. The van der Waals surface area contributed by atoms with Gasteiger partial charge in [-0.15, -0.1) is 0 Å². The minimum Gasteiger partial charge on any atom is -0.334 e. The van der Waals surface area contributed by atoms with Crippen LogP contribution in [0.5, 0.6) is 0 Å². The third kappa shape index (κ3) is 3.55. The Morgan fingerprint density at radius 1 is 1.09 bits per heavy atom. The van der Waals surface area contributed by atoms with Gasteiger partial charge in [-0.3, -0.25) is 0 Å². The fourth-order valence-electron chi connectivity index (χ4n) is 1.68. The van der Waals surface area contributed by atoms with Gasteiger partial charge in [0, 0.05) is 13.1 Å². The second-order valence-electron chi connectivity index (χ2n) is 4.64. The third-order valence-electron chi connectivity index (χ3n) is 2.63.